The maximum Gasteiger partial charge on any atom is 0.280 e. The highest BCUT2D eigenvalue weighted by molar-refractivity contribution is 9.10. The van der Waals surface area contributed by atoms with Crippen molar-refractivity contribution >= 4 is 55.2 Å². The van der Waals surface area contributed by atoms with Crippen LogP contribution < -0.4 is 9.75 Å². The molecule has 0 unspecified atom stereocenters. The van der Waals surface area contributed by atoms with Gasteiger partial charge in [0, 0.05) is 14.5 Å². The average Bonchev–Trinajstić information content (AvgIpc) is 2.84. The van der Waals surface area contributed by atoms with Crippen LogP contribution in [0.2, 0.25) is 0 Å². The van der Waals surface area contributed by atoms with Crippen LogP contribution in [0.1, 0.15) is 12.5 Å². The van der Waals surface area contributed by atoms with Crippen molar-refractivity contribution in [2.45, 2.75) is 6.92 Å². The minimum atomic E-state index is -0.156. The molecular weight excluding hydrogens is 436 g/mol. The fraction of sp³-hybridized carbons (Fsp3) is 0.111. The number of carbonyl (C=O) groups is 1. The molecule has 0 spiro atoms. The maximum absolute atomic E-state index is 12.8. The molecule has 4 nitrogen and oxygen atoms in total. The van der Waals surface area contributed by atoms with Gasteiger partial charge >= 0.3 is 0 Å². The van der Waals surface area contributed by atoms with Crippen LogP contribution in [-0.2, 0) is 4.79 Å². The van der Waals surface area contributed by atoms with Crippen molar-refractivity contribution in [3.8, 4) is 5.75 Å². The van der Waals surface area contributed by atoms with Crippen LogP contribution in [0.15, 0.2) is 62.1 Å². The monoisotopic (exact) mass is 448 g/mol. The van der Waals surface area contributed by atoms with Crippen molar-refractivity contribution in [2.24, 2.45) is 5.10 Å². The van der Waals surface area contributed by atoms with Gasteiger partial charge in [-0.15, -0.1) is 0 Å². The Morgan fingerprint density at radius 1 is 1.08 bits per heavy atom. The molecule has 0 N–H and O–H groups in total. The van der Waals surface area contributed by atoms with Crippen molar-refractivity contribution in [1.82, 2.24) is 0 Å². The predicted octanol–water partition coefficient (Wildman–Crippen LogP) is 5.03. The summed E-state index contributed by atoms with van der Waals surface area (Å²) in [6.07, 6.45) is 1.81. The fourth-order valence-electron chi connectivity index (χ4n) is 2.42. The number of halogens is 2. The Morgan fingerprint density at radius 3 is 2.42 bits per heavy atom. The molecule has 0 aliphatic carbocycles. The van der Waals surface area contributed by atoms with Gasteiger partial charge in [0.15, 0.2) is 0 Å². The number of anilines is 1. The number of ether oxygens (including phenoxy) is 1. The van der Waals surface area contributed by atoms with Crippen LogP contribution >= 0.6 is 31.9 Å². The van der Waals surface area contributed by atoms with Gasteiger partial charge in [0.05, 0.1) is 24.1 Å². The van der Waals surface area contributed by atoms with E-state index in [1.165, 1.54) is 5.01 Å². The highest BCUT2D eigenvalue weighted by atomic mass is 79.9. The maximum atomic E-state index is 12.8. The van der Waals surface area contributed by atoms with Gasteiger partial charge in [-0.1, -0.05) is 31.9 Å². The number of hydrogen-bond donors (Lipinski definition) is 0. The Hall–Kier alpha value is -1.92. The lowest BCUT2D eigenvalue weighted by atomic mass is 10.1. The summed E-state index contributed by atoms with van der Waals surface area (Å²) in [6, 6.07) is 13.1. The molecule has 0 saturated heterocycles. The zero-order chi connectivity index (χ0) is 17.3. The topological polar surface area (TPSA) is 41.9 Å². The Labute approximate surface area is 157 Å². The van der Waals surface area contributed by atoms with Gasteiger partial charge < -0.3 is 4.74 Å². The first-order valence-electron chi connectivity index (χ1n) is 7.20. The van der Waals surface area contributed by atoms with Gasteiger partial charge in [0.2, 0.25) is 0 Å². The molecule has 0 aromatic heterocycles. The second kappa shape index (κ2) is 6.91. The Morgan fingerprint density at radius 2 is 1.75 bits per heavy atom. The summed E-state index contributed by atoms with van der Waals surface area (Å²) in [6.45, 7) is 1.83. The second-order valence-electron chi connectivity index (χ2n) is 5.22. The molecule has 0 fully saturated rings. The van der Waals surface area contributed by atoms with Crippen molar-refractivity contribution in [3.63, 3.8) is 0 Å². The van der Waals surface area contributed by atoms with Gasteiger partial charge in [-0.3, -0.25) is 4.79 Å². The quantitative estimate of drug-likeness (QED) is 0.617. The third kappa shape index (κ3) is 3.30. The van der Waals surface area contributed by atoms with Crippen LogP contribution in [-0.4, -0.2) is 18.7 Å². The van der Waals surface area contributed by atoms with Crippen molar-refractivity contribution in [3.05, 3.63) is 62.5 Å². The highest BCUT2D eigenvalue weighted by Crippen LogP contribution is 2.29. The highest BCUT2D eigenvalue weighted by Gasteiger charge is 2.28. The van der Waals surface area contributed by atoms with Crippen LogP contribution in [0.4, 0.5) is 5.69 Å². The van der Waals surface area contributed by atoms with Gasteiger partial charge in [-0.2, -0.15) is 10.1 Å². The third-order valence-corrected chi connectivity index (χ3v) is 4.65. The van der Waals surface area contributed by atoms with E-state index in [1.807, 2.05) is 55.5 Å². The van der Waals surface area contributed by atoms with E-state index in [0.29, 0.717) is 17.0 Å². The molecule has 0 bridgehead atoms. The molecule has 24 heavy (non-hydrogen) atoms. The minimum absolute atomic E-state index is 0.156. The predicted molar refractivity (Wildman–Crippen MR) is 103 cm³/mol. The molecule has 1 amide bonds. The molecule has 2 aromatic carbocycles. The standard InChI is InChI=1S/C18H14Br2N2O2/c1-11-16(10-12-9-14(20)5-8-17(12)24-2)18(23)22(21-11)15-6-3-13(19)4-7-15/h3-10H,1-2H3/b16-10+. The van der Waals surface area contributed by atoms with Gasteiger partial charge in [0.1, 0.15) is 5.75 Å². The molecule has 122 valence electrons. The van der Waals surface area contributed by atoms with E-state index in [-0.39, 0.29) is 5.91 Å². The number of benzene rings is 2. The van der Waals surface area contributed by atoms with E-state index in [1.54, 1.807) is 7.11 Å². The Balaban J connectivity index is 1.99. The van der Waals surface area contributed by atoms with Gasteiger partial charge in [0.25, 0.3) is 5.91 Å². The number of methoxy groups -OCH3 is 1. The molecule has 3 rings (SSSR count). The summed E-state index contributed by atoms with van der Waals surface area (Å²) in [5.41, 5.74) is 2.77. The number of carbonyl (C=O) groups excluding carboxylic acids is 1. The third-order valence-electron chi connectivity index (χ3n) is 3.63. The van der Waals surface area contributed by atoms with Crippen molar-refractivity contribution < 1.29 is 9.53 Å². The molecule has 0 atom stereocenters. The first-order chi connectivity index (χ1) is 11.5. The fourth-order valence-corrected chi connectivity index (χ4v) is 3.06. The number of nitrogens with zero attached hydrogens (tertiary/aromatic N) is 2. The van der Waals surface area contributed by atoms with Crippen molar-refractivity contribution in [1.29, 1.82) is 0 Å². The summed E-state index contributed by atoms with van der Waals surface area (Å²) in [5, 5.41) is 5.80. The van der Waals surface area contributed by atoms with Crippen molar-refractivity contribution in [2.75, 3.05) is 12.1 Å². The summed E-state index contributed by atoms with van der Waals surface area (Å²) in [7, 11) is 1.61. The molecule has 0 radical (unpaired) electrons. The Bertz CT molecular complexity index is 858. The molecule has 1 aliphatic rings. The molecule has 0 saturated carbocycles. The summed E-state index contributed by atoms with van der Waals surface area (Å²) < 4.78 is 7.24. The lowest BCUT2D eigenvalue weighted by Crippen LogP contribution is -2.21. The zero-order valence-corrected chi connectivity index (χ0v) is 16.3. The van der Waals surface area contributed by atoms with Gasteiger partial charge in [-0.05, 0) is 55.5 Å². The molecule has 1 heterocycles. The first kappa shape index (κ1) is 16.9. The minimum Gasteiger partial charge on any atom is -0.496 e. The summed E-state index contributed by atoms with van der Waals surface area (Å²) >= 11 is 6.84. The van der Waals surface area contributed by atoms with E-state index < -0.39 is 0 Å². The molecular formula is C18H14Br2N2O2. The smallest absolute Gasteiger partial charge is 0.280 e. The number of rotatable bonds is 3. The lowest BCUT2D eigenvalue weighted by Gasteiger charge is -2.11. The summed E-state index contributed by atoms with van der Waals surface area (Å²) in [5.74, 6) is 0.547. The van der Waals surface area contributed by atoms with E-state index in [2.05, 4.69) is 37.0 Å². The lowest BCUT2D eigenvalue weighted by molar-refractivity contribution is -0.114. The normalized spacial score (nSPS) is 15.8. The second-order valence-corrected chi connectivity index (χ2v) is 7.05. The van der Waals surface area contributed by atoms with E-state index >= 15 is 0 Å². The van der Waals surface area contributed by atoms with Crippen LogP contribution in [0.3, 0.4) is 0 Å². The molecule has 1 aliphatic heterocycles. The van der Waals surface area contributed by atoms with Crippen LogP contribution in [0.25, 0.3) is 6.08 Å². The van der Waals surface area contributed by atoms with E-state index in [9.17, 15) is 4.79 Å². The largest absolute Gasteiger partial charge is 0.496 e. The zero-order valence-electron chi connectivity index (χ0n) is 13.1. The van der Waals surface area contributed by atoms with Gasteiger partial charge in [-0.25, -0.2) is 0 Å². The SMILES string of the molecule is COc1ccc(Br)cc1/C=C1/C(=O)N(c2ccc(Br)cc2)N=C1C. The molecule has 2 aromatic rings. The number of hydrazone groups is 1. The van der Waals surface area contributed by atoms with E-state index in [4.69, 9.17) is 4.74 Å². The number of hydrogen-bond acceptors (Lipinski definition) is 3. The summed E-state index contributed by atoms with van der Waals surface area (Å²) in [4.78, 5) is 12.8. The molecule has 6 heteroatoms. The van der Waals surface area contributed by atoms with Crippen LogP contribution in [0, 0.1) is 0 Å². The number of amides is 1. The van der Waals surface area contributed by atoms with Crippen LogP contribution in [0.5, 0.6) is 5.75 Å². The van der Waals surface area contributed by atoms with E-state index in [0.717, 1.165) is 20.2 Å². The first-order valence-corrected chi connectivity index (χ1v) is 8.79. The average molecular weight is 450 g/mol. The Kier molecular flexibility index (Phi) is 4.87.